The Kier molecular flexibility index (Phi) is 4.54. The van der Waals surface area contributed by atoms with E-state index in [1.165, 1.54) is 0 Å². The summed E-state index contributed by atoms with van der Waals surface area (Å²) in [6, 6.07) is 8.06. The van der Waals surface area contributed by atoms with Crippen LogP contribution in [0, 0.1) is 12.3 Å². The van der Waals surface area contributed by atoms with Gasteiger partial charge in [0.05, 0.1) is 5.71 Å². The lowest BCUT2D eigenvalue weighted by Gasteiger charge is -2.29. The van der Waals surface area contributed by atoms with Crippen LogP contribution in [0.2, 0.25) is 0 Å². The van der Waals surface area contributed by atoms with Gasteiger partial charge in [0.1, 0.15) is 11.5 Å². The topological polar surface area (TPSA) is 107 Å². The molecule has 0 aliphatic heterocycles. The van der Waals surface area contributed by atoms with Crippen molar-refractivity contribution in [2.75, 3.05) is 0 Å². The highest BCUT2D eigenvalue weighted by Crippen LogP contribution is 2.39. The first-order chi connectivity index (χ1) is 12.3. The van der Waals surface area contributed by atoms with E-state index in [1.54, 1.807) is 31.2 Å². The zero-order chi connectivity index (χ0) is 18.9. The maximum Gasteiger partial charge on any atom is 0.379 e. The lowest BCUT2D eigenvalue weighted by molar-refractivity contribution is 0.0697. The van der Waals surface area contributed by atoms with Crippen LogP contribution < -0.4 is 15.9 Å². The summed E-state index contributed by atoms with van der Waals surface area (Å²) < 4.78 is 11.2. The molecule has 2 aromatic rings. The summed E-state index contributed by atoms with van der Waals surface area (Å²) in [6.45, 7) is 5.91. The number of urea groups is 1. The third-order valence-corrected chi connectivity index (χ3v) is 4.23. The average Bonchev–Trinajstić information content (AvgIpc) is 2.89. The number of amides is 2. The molecule has 3 N–H and O–H groups in total. The number of hydrogen-bond acceptors (Lipinski definition) is 5. The largest absolute Gasteiger partial charge is 0.453 e. The summed E-state index contributed by atoms with van der Waals surface area (Å²) in [5.74, 6) is 0.672. The van der Waals surface area contributed by atoms with Gasteiger partial charge in [0.15, 0.2) is 0 Å². The molecule has 3 rings (SSSR count). The number of nitrogens with one attached hydrogen (secondary N) is 1. The zero-order valence-electron chi connectivity index (χ0n) is 15.0. The first-order valence-corrected chi connectivity index (χ1v) is 8.29. The molecule has 2 amide bonds. The van der Waals surface area contributed by atoms with Crippen LogP contribution in [-0.2, 0) is 6.42 Å². The first kappa shape index (κ1) is 17.7. The Morgan fingerprint density at radius 3 is 2.58 bits per heavy atom. The molecule has 1 heterocycles. The van der Waals surface area contributed by atoms with Crippen LogP contribution in [-0.4, -0.2) is 17.7 Å². The number of rotatable bonds is 3. The van der Waals surface area contributed by atoms with E-state index in [0.717, 1.165) is 5.56 Å². The maximum absolute atomic E-state index is 12.5. The molecular formula is C19H21N3O4. The number of primary amides is 1. The van der Waals surface area contributed by atoms with Crippen LogP contribution in [0.5, 0.6) is 5.75 Å². The molecule has 0 fully saturated rings. The van der Waals surface area contributed by atoms with Gasteiger partial charge in [-0.15, -0.1) is 0 Å². The number of para-hydroxylation sites is 1. The molecule has 1 aliphatic rings. The van der Waals surface area contributed by atoms with Crippen LogP contribution in [0.1, 0.15) is 47.7 Å². The number of carbonyl (C=O) groups is 2. The first-order valence-electron chi connectivity index (χ1n) is 8.29. The Morgan fingerprint density at radius 2 is 1.92 bits per heavy atom. The predicted molar refractivity (Wildman–Crippen MR) is 96.2 cm³/mol. The molecular weight excluding hydrogens is 334 g/mol. The number of fused-ring (bicyclic) bond motifs is 1. The van der Waals surface area contributed by atoms with Crippen molar-refractivity contribution in [1.29, 1.82) is 0 Å². The highest BCUT2D eigenvalue weighted by Gasteiger charge is 2.36. The number of hydrazone groups is 1. The number of ether oxygens (including phenoxy) is 1. The Morgan fingerprint density at radius 1 is 1.23 bits per heavy atom. The summed E-state index contributed by atoms with van der Waals surface area (Å²) in [5.41, 5.74) is 9.27. The quantitative estimate of drug-likeness (QED) is 0.501. The smallest absolute Gasteiger partial charge is 0.379 e. The highest BCUT2D eigenvalue weighted by atomic mass is 16.5. The number of esters is 1. The van der Waals surface area contributed by atoms with E-state index in [9.17, 15) is 9.59 Å². The van der Waals surface area contributed by atoms with Gasteiger partial charge in [-0.3, -0.25) is 0 Å². The van der Waals surface area contributed by atoms with E-state index in [0.29, 0.717) is 35.6 Å². The number of carbonyl (C=O) groups excluding carboxylic acids is 2. The number of nitrogens with two attached hydrogens (primary N) is 1. The van der Waals surface area contributed by atoms with Crippen molar-refractivity contribution in [3.8, 4) is 5.75 Å². The highest BCUT2D eigenvalue weighted by molar-refractivity contribution is 6.06. The molecule has 0 saturated heterocycles. The van der Waals surface area contributed by atoms with E-state index in [4.69, 9.17) is 14.9 Å². The summed E-state index contributed by atoms with van der Waals surface area (Å²) in [6.07, 6.45) is 1.27. The van der Waals surface area contributed by atoms with E-state index in [-0.39, 0.29) is 11.2 Å². The van der Waals surface area contributed by atoms with Gasteiger partial charge in [0.2, 0.25) is 5.76 Å². The van der Waals surface area contributed by atoms with Crippen molar-refractivity contribution >= 4 is 17.7 Å². The molecule has 26 heavy (non-hydrogen) atoms. The van der Waals surface area contributed by atoms with Crippen LogP contribution in [0.15, 0.2) is 39.9 Å². The third kappa shape index (κ3) is 3.61. The molecule has 0 unspecified atom stereocenters. The molecule has 0 atom stereocenters. The van der Waals surface area contributed by atoms with Crippen LogP contribution in [0.25, 0.3) is 0 Å². The van der Waals surface area contributed by atoms with Gasteiger partial charge in [-0.05, 0) is 30.9 Å². The number of hydrogen-bond donors (Lipinski definition) is 2. The van der Waals surface area contributed by atoms with E-state index < -0.39 is 12.0 Å². The fraction of sp³-hybridized carbons (Fsp3) is 0.316. The van der Waals surface area contributed by atoms with Crippen molar-refractivity contribution in [2.24, 2.45) is 16.3 Å². The van der Waals surface area contributed by atoms with Crippen molar-refractivity contribution in [3.05, 3.63) is 53.0 Å². The Balaban J connectivity index is 1.97. The SMILES string of the molecule is Cc1c(C(=O)Oc2ccccc2)oc2c1/C(=N\NC(N)=O)CC(C)(C)C2. The fourth-order valence-corrected chi connectivity index (χ4v) is 3.17. The Labute approximate surface area is 151 Å². The van der Waals surface area contributed by atoms with Gasteiger partial charge >= 0.3 is 12.0 Å². The predicted octanol–water partition coefficient (Wildman–Crippen LogP) is 3.15. The van der Waals surface area contributed by atoms with E-state index in [2.05, 4.69) is 24.4 Å². The molecule has 7 nitrogen and oxygen atoms in total. The molecule has 7 heteroatoms. The minimum absolute atomic E-state index is 0.129. The second-order valence-corrected chi connectivity index (χ2v) is 7.11. The zero-order valence-corrected chi connectivity index (χ0v) is 15.0. The summed E-state index contributed by atoms with van der Waals surface area (Å²) in [7, 11) is 0. The number of benzene rings is 1. The second-order valence-electron chi connectivity index (χ2n) is 7.11. The molecule has 1 aliphatic carbocycles. The van der Waals surface area contributed by atoms with Crippen molar-refractivity contribution in [2.45, 2.75) is 33.6 Å². The van der Waals surface area contributed by atoms with E-state index in [1.807, 2.05) is 6.07 Å². The van der Waals surface area contributed by atoms with Crippen molar-refractivity contribution in [3.63, 3.8) is 0 Å². The molecule has 0 saturated carbocycles. The van der Waals surface area contributed by atoms with Gasteiger partial charge in [0.25, 0.3) is 0 Å². The number of nitrogens with zero attached hydrogens (tertiary/aromatic N) is 1. The number of furan rings is 1. The standard InChI is InChI=1S/C19H21N3O4/c1-11-15-13(21-22-18(20)24)9-19(2,3)10-14(15)26-16(11)17(23)25-12-7-5-4-6-8-12/h4-8H,9-10H2,1-3H3,(H3,20,22,24)/b21-13-. The van der Waals surface area contributed by atoms with E-state index >= 15 is 0 Å². The van der Waals surface area contributed by atoms with Crippen LogP contribution in [0.3, 0.4) is 0 Å². The second kappa shape index (κ2) is 6.67. The average molecular weight is 355 g/mol. The van der Waals surface area contributed by atoms with Gasteiger partial charge in [-0.1, -0.05) is 32.0 Å². The van der Waals surface area contributed by atoms with Gasteiger partial charge in [-0.25, -0.2) is 15.0 Å². The molecule has 0 bridgehead atoms. The van der Waals surface area contributed by atoms with Crippen molar-refractivity contribution < 1.29 is 18.7 Å². The van der Waals surface area contributed by atoms with Crippen LogP contribution in [0.4, 0.5) is 4.79 Å². The van der Waals surface area contributed by atoms with Crippen molar-refractivity contribution in [1.82, 2.24) is 5.43 Å². The monoisotopic (exact) mass is 355 g/mol. The summed E-state index contributed by atoms with van der Waals surface area (Å²) in [5, 5.41) is 4.12. The van der Waals surface area contributed by atoms with Gasteiger partial charge < -0.3 is 14.9 Å². The Hall–Kier alpha value is -3.09. The lowest BCUT2D eigenvalue weighted by atomic mass is 9.75. The fourth-order valence-electron chi connectivity index (χ4n) is 3.17. The lowest BCUT2D eigenvalue weighted by Crippen LogP contribution is -2.31. The van der Waals surface area contributed by atoms with Gasteiger partial charge in [-0.2, -0.15) is 5.10 Å². The normalized spacial score (nSPS) is 16.8. The minimum atomic E-state index is -0.743. The van der Waals surface area contributed by atoms with Gasteiger partial charge in [0, 0.05) is 17.5 Å². The molecule has 1 aromatic carbocycles. The third-order valence-electron chi connectivity index (χ3n) is 4.23. The molecule has 0 radical (unpaired) electrons. The van der Waals surface area contributed by atoms with Crippen LogP contribution >= 0.6 is 0 Å². The summed E-state index contributed by atoms with van der Waals surface area (Å²) in [4.78, 5) is 23.6. The molecule has 136 valence electrons. The maximum atomic E-state index is 12.5. The Bertz CT molecular complexity index is 882. The molecule has 0 spiro atoms. The summed E-state index contributed by atoms with van der Waals surface area (Å²) >= 11 is 0. The minimum Gasteiger partial charge on any atom is -0.453 e. The molecule has 1 aromatic heterocycles.